The summed E-state index contributed by atoms with van der Waals surface area (Å²) in [6, 6.07) is 2.93. The van der Waals surface area contributed by atoms with Gasteiger partial charge in [-0.2, -0.15) is 0 Å². The maximum atomic E-state index is 13.2. The van der Waals surface area contributed by atoms with Gasteiger partial charge in [-0.1, -0.05) is 6.07 Å². The monoisotopic (exact) mass is 196 g/mol. The number of benzene rings is 1. The average Bonchev–Trinajstić information content (AvgIpc) is 2.16. The molecule has 0 saturated carbocycles. The quantitative estimate of drug-likeness (QED) is 0.436. The summed E-state index contributed by atoms with van der Waals surface area (Å²) in [6.45, 7) is 0. The Kier molecular flexibility index (Phi) is 3.57. The predicted molar refractivity (Wildman–Crippen MR) is 49.9 cm³/mol. The van der Waals surface area contributed by atoms with Crippen molar-refractivity contribution in [3.05, 3.63) is 35.4 Å². The zero-order chi connectivity index (χ0) is 10.6. The third-order valence-corrected chi connectivity index (χ3v) is 1.87. The van der Waals surface area contributed by atoms with E-state index in [1.165, 1.54) is 18.2 Å². The molecular formula is C10H10F2N2. The zero-order valence-electron chi connectivity index (χ0n) is 7.43. The molecule has 0 spiro atoms. The van der Waals surface area contributed by atoms with Crippen molar-refractivity contribution in [1.29, 1.82) is 0 Å². The summed E-state index contributed by atoms with van der Waals surface area (Å²) in [5, 5.41) is 0. The first-order chi connectivity index (χ1) is 6.70. The molecule has 3 N–H and O–H groups in total. The smallest absolute Gasteiger partial charge is 0.131 e. The van der Waals surface area contributed by atoms with Crippen LogP contribution in [0.25, 0.3) is 0 Å². The summed E-state index contributed by atoms with van der Waals surface area (Å²) in [5.74, 6) is 6.15. The van der Waals surface area contributed by atoms with E-state index in [1.807, 2.05) is 0 Å². The Morgan fingerprint density at radius 3 is 2.43 bits per heavy atom. The van der Waals surface area contributed by atoms with Gasteiger partial charge in [0.25, 0.3) is 0 Å². The van der Waals surface area contributed by atoms with E-state index >= 15 is 0 Å². The molecule has 1 rings (SSSR count). The van der Waals surface area contributed by atoms with Crippen molar-refractivity contribution < 1.29 is 8.78 Å². The third-order valence-electron chi connectivity index (χ3n) is 1.87. The van der Waals surface area contributed by atoms with E-state index in [0.29, 0.717) is 0 Å². The number of hydrogen-bond acceptors (Lipinski definition) is 2. The summed E-state index contributed by atoms with van der Waals surface area (Å²) in [7, 11) is 0. The van der Waals surface area contributed by atoms with Gasteiger partial charge in [-0.25, -0.2) is 8.78 Å². The van der Waals surface area contributed by atoms with Gasteiger partial charge in [0.15, 0.2) is 0 Å². The fraction of sp³-hybridized carbons (Fsp3) is 0.200. The zero-order valence-corrected chi connectivity index (χ0v) is 7.43. The molecule has 74 valence electrons. The average molecular weight is 196 g/mol. The van der Waals surface area contributed by atoms with Crippen LogP contribution in [0.5, 0.6) is 0 Å². The summed E-state index contributed by atoms with van der Waals surface area (Å²) >= 11 is 0. The Bertz CT molecular complexity index is 337. The first-order valence-electron chi connectivity index (χ1n) is 4.04. The van der Waals surface area contributed by atoms with Gasteiger partial charge in [-0.05, 0) is 12.1 Å². The van der Waals surface area contributed by atoms with Crippen molar-refractivity contribution in [2.24, 2.45) is 5.84 Å². The Hall–Kier alpha value is -1.44. The molecule has 4 heteroatoms. The summed E-state index contributed by atoms with van der Waals surface area (Å²) < 4.78 is 26.4. The summed E-state index contributed by atoms with van der Waals surface area (Å²) in [4.78, 5) is 0. The predicted octanol–water partition coefficient (Wildman–Crippen LogP) is 1.49. The Balaban J connectivity index is 3.09. The van der Waals surface area contributed by atoms with Crippen LogP contribution in [0.1, 0.15) is 18.0 Å². The van der Waals surface area contributed by atoms with E-state index in [1.54, 1.807) is 0 Å². The Labute approximate surface area is 81.1 Å². The highest BCUT2D eigenvalue weighted by Gasteiger charge is 2.17. The van der Waals surface area contributed by atoms with Gasteiger partial charge in [0.05, 0.1) is 6.04 Å². The lowest BCUT2D eigenvalue weighted by atomic mass is 10.0. The van der Waals surface area contributed by atoms with Crippen LogP contribution in [-0.4, -0.2) is 0 Å². The molecule has 0 fully saturated rings. The molecule has 1 aromatic rings. The van der Waals surface area contributed by atoms with E-state index in [0.717, 1.165) is 0 Å². The number of rotatable bonds is 3. The molecule has 0 aliphatic rings. The second-order valence-corrected chi connectivity index (χ2v) is 2.76. The van der Waals surface area contributed by atoms with E-state index < -0.39 is 17.7 Å². The van der Waals surface area contributed by atoms with E-state index in [4.69, 9.17) is 12.3 Å². The molecule has 0 aromatic heterocycles. The lowest BCUT2D eigenvalue weighted by Gasteiger charge is -2.14. The van der Waals surface area contributed by atoms with Gasteiger partial charge in [0.1, 0.15) is 11.6 Å². The van der Waals surface area contributed by atoms with E-state index in [2.05, 4.69) is 11.3 Å². The Morgan fingerprint density at radius 2 is 2.00 bits per heavy atom. The molecule has 1 unspecified atom stereocenters. The van der Waals surface area contributed by atoms with Crippen molar-refractivity contribution in [3.8, 4) is 12.3 Å². The first kappa shape index (κ1) is 10.6. The molecule has 0 amide bonds. The van der Waals surface area contributed by atoms with Crippen molar-refractivity contribution >= 4 is 0 Å². The SMILES string of the molecule is C#CCC(NN)c1c(F)cccc1F. The van der Waals surface area contributed by atoms with Crippen LogP contribution in [0.15, 0.2) is 18.2 Å². The van der Waals surface area contributed by atoms with Gasteiger partial charge >= 0.3 is 0 Å². The van der Waals surface area contributed by atoms with Crippen LogP contribution in [0.2, 0.25) is 0 Å². The second-order valence-electron chi connectivity index (χ2n) is 2.76. The van der Waals surface area contributed by atoms with E-state index in [9.17, 15) is 8.78 Å². The highest BCUT2D eigenvalue weighted by Crippen LogP contribution is 2.22. The summed E-state index contributed by atoms with van der Waals surface area (Å²) in [6.07, 6.45) is 5.19. The number of hydrazine groups is 1. The molecule has 0 bridgehead atoms. The van der Waals surface area contributed by atoms with Crippen LogP contribution >= 0.6 is 0 Å². The fourth-order valence-corrected chi connectivity index (χ4v) is 1.21. The van der Waals surface area contributed by atoms with Gasteiger partial charge < -0.3 is 0 Å². The van der Waals surface area contributed by atoms with Gasteiger partial charge in [0.2, 0.25) is 0 Å². The van der Waals surface area contributed by atoms with Crippen molar-refractivity contribution in [3.63, 3.8) is 0 Å². The molecule has 1 aromatic carbocycles. The minimum absolute atomic E-state index is 0.118. The maximum Gasteiger partial charge on any atom is 0.131 e. The number of nitrogens with two attached hydrogens (primary N) is 1. The molecule has 14 heavy (non-hydrogen) atoms. The molecular weight excluding hydrogens is 186 g/mol. The van der Waals surface area contributed by atoms with Crippen LogP contribution in [0.3, 0.4) is 0 Å². The standard InChI is InChI=1S/C10H10F2N2/c1-2-4-9(14-13)10-7(11)5-3-6-8(10)12/h1,3,5-6,9,14H,4,13H2. The van der Waals surface area contributed by atoms with Crippen LogP contribution in [-0.2, 0) is 0 Å². The molecule has 0 aliphatic heterocycles. The number of terminal acetylenes is 1. The van der Waals surface area contributed by atoms with Crippen LogP contribution in [0, 0.1) is 24.0 Å². The molecule has 1 atom stereocenters. The largest absolute Gasteiger partial charge is 0.271 e. The number of hydrogen-bond donors (Lipinski definition) is 2. The molecule has 2 nitrogen and oxygen atoms in total. The topological polar surface area (TPSA) is 38.0 Å². The maximum absolute atomic E-state index is 13.2. The van der Waals surface area contributed by atoms with Crippen molar-refractivity contribution in [1.82, 2.24) is 5.43 Å². The molecule has 0 aliphatic carbocycles. The fourth-order valence-electron chi connectivity index (χ4n) is 1.21. The van der Waals surface area contributed by atoms with Gasteiger partial charge in [-0.15, -0.1) is 12.3 Å². The van der Waals surface area contributed by atoms with Crippen molar-refractivity contribution in [2.75, 3.05) is 0 Å². The highest BCUT2D eigenvalue weighted by atomic mass is 19.1. The first-order valence-corrected chi connectivity index (χ1v) is 4.04. The van der Waals surface area contributed by atoms with Crippen LogP contribution < -0.4 is 11.3 Å². The molecule has 0 heterocycles. The second kappa shape index (κ2) is 4.70. The number of halogens is 2. The lowest BCUT2D eigenvalue weighted by Crippen LogP contribution is -2.29. The van der Waals surface area contributed by atoms with Gasteiger partial charge in [-0.3, -0.25) is 11.3 Å². The van der Waals surface area contributed by atoms with Crippen molar-refractivity contribution in [2.45, 2.75) is 12.5 Å². The molecule has 0 saturated heterocycles. The van der Waals surface area contributed by atoms with E-state index in [-0.39, 0.29) is 12.0 Å². The Morgan fingerprint density at radius 1 is 1.43 bits per heavy atom. The van der Waals surface area contributed by atoms with Crippen LogP contribution in [0.4, 0.5) is 8.78 Å². The summed E-state index contributed by atoms with van der Waals surface area (Å²) in [5.41, 5.74) is 2.16. The number of nitrogens with one attached hydrogen (secondary N) is 1. The third kappa shape index (κ3) is 2.08. The minimum Gasteiger partial charge on any atom is -0.271 e. The minimum atomic E-state index is -0.693. The van der Waals surface area contributed by atoms with Gasteiger partial charge in [0, 0.05) is 12.0 Å². The highest BCUT2D eigenvalue weighted by molar-refractivity contribution is 5.24. The molecule has 0 radical (unpaired) electrons. The lowest BCUT2D eigenvalue weighted by molar-refractivity contribution is 0.480. The normalized spacial score (nSPS) is 12.1.